The van der Waals surface area contributed by atoms with Crippen molar-refractivity contribution in [2.24, 2.45) is 0 Å². The molecule has 0 N–H and O–H groups in total. The molecule has 0 aliphatic carbocycles. The molecule has 0 bridgehead atoms. The van der Waals surface area contributed by atoms with Crippen LogP contribution in [0.5, 0.6) is 5.75 Å². The molecule has 2 aromatic rings. The topological polar surface area (TPSA) is 128 Å². The zero-order valence-electron chi connectivity index (χ0n) is 18.4. The van der Waals surface area contributed by atoms with E-state index in [1.165, 1.54) is 12.1 Å². The summed E-state index contributed by atoms with van der Waals surface area (Å²) >= 11 is 0. The average Bonchev–Trinajstić information content (AvgIpc) is 2.70. The predicted molar refractivity (Wildman–Crippen MR) is 109 cm³/mol. The van der Waals surface area contributed by atoms with E-state index >= 15 is 4.39 Å². The largest absolute Gasteiger partial charge is 0.463 e. The van der Waals surface area contributed by atoms with E-state index in [0.717, 1.165) is 20.8 Å². The van der Waals surface area contributed by atoms with Gasteiger partial charge in [-0.1, -0.05) is 0 Å². The van der Waals surface area contributed by atoms with Crippen LogP contribution in [0.25, 0.3) is 11.0 Å². The minimum atomic E-state index is -1.99. The molecule has 0 unspecified atom stereocenters. The van der Waals surface area contributed by atoms with Gasteiger partial charge in [-0.25, -0.2) is 9.18 Å². The molecule has 10 nitrogen and oxygen atoms in total. The molecule has 1 aliphatic rings. The van der Waals surface area contributed by atoms with Crippen LogP contribution < -0.4 is 10.4 Å². The van der Waals surface area contributed by atoms with E-state index in [4.69, 9.17) is 28.1 Å². The van der Waals surface area contributed by atoms with Crippen molar-refractivity contribution in [2.45, 2.75) is 58.5 Å². The number of esters is 3. The van der Waals surface area contributed by atoms with E-state index in [1.54, 1.807) is 19.1 Å². The predicted octanol–water partition coefficient (Wildman–Crippen LogP) is 1.97. The highest BCUT2D eigenvalue weighted by molar-refractivity contribution is 5.81. The molecule has 0 saturated carbocycles. The van der Waals surface area contributed by atoms with Gasteiger partial charge in [-0.3, -0.25) is 14.4 Å². The molecular weight excluding hydrogens is 443 g/mol. The number of fused-ring (bicyclic) bond motifs is 1. The second-order valence-corrected chi connectivity index (χ2v) is 7.46. The van der Waals surface area contributed by atoms with Crippen molar-refractivity contribution < 1.29 is 46.9 Å². The summed E-state index contributed by atoms with van der Waals surface area (Å²) < 4.78 is 46.8. The first-order chi connectivity index (χ1) is 15.5. The van der Waals surface area contributed by atoms with Crippen LogP contribution in [0.2, 0.25) is 0 Å². The molecule has 178 valence electrons. The minimum Gasteiger partial charge on any atom is -0.463 e. The van der Waals surface area contributed by atoms with Gasteiger partial charge in [0, 0.05) is 38.3 Å². The quantitative estimate of drug-likeness (QED) is 0.354. The fourth-order valence-electron chi connectivity index (χ4n) is 3.45. The summed E-state index contributed by atoms with van der Waals surface area (Å²) in [5.74, 6) is -2.15. The van der Waals surface area contributed by atoms with Gasteiger partial charge < -0.3 is 28.1 Å². The maximum absolute atomic E-state index is 15.1. The molecule has 0 spiro atoms. The van der Waals surface area contributed by atoms with E-state index in [1.807, 2.05) is 0 Å². The number of halogens is 1. The molecule has 3 rings (SSSR count). The van der Waals surface area contributed by atoms with Gasteiger partial charge in [0.15, 0.2) is 12.3 Å². The van der Waals surface area contributed by atoms with E-state index < -0.39 is 60.9 Å². The maximum atomic E-state index is 15.1. The smallest absolute Gasteiger partial charge is 0.336 e. The number of aryl methyl sites for hydroxylation is 1. The minimum absolute atomic E-state index is 0.142. The lowest BCUT2D eigenvalue weighted by Crippen LogP contribution is -2.61. The van der Waals surface area contributed by atoms with Crippen molar-refractivity contribution >= 4 is 28.9 Å². The van der Waals surface area contributed by atoms with Crippen molar-refractivity contribution in [1.29, 1.82) is 0 Å². The molecule has 11 heteroatoms. The summed E-state index contributed by atoms with van der Waals surface area (Å²) in [5.41, 5.74) is 0.366. The number of alkyl halides is 1. The first kappa shape index (κ1) is 24.2. The first-order valence-electron chi connectivity index (χ1n) is 10.0. The lowest BCUT2D eigenvalue weighted by Gasteiger charge is -2.41. The molecule has 0 radical (unpaired) electrons. The summed E-state index contributed by atoms with van der Waals surface area (Å²) in [6.45, 7) is 4.55. The van der Waals surface area contributed by atoms with Gasteiger partial charge in [0.2, 0.25) is 12.4 Å². The second-order valence-electron chi connectivity index (χ2n) is 7.46. The average molecular weight is 466 g/mol. The van der Waals surface area contributed by atoms with Gasteiger partial charge in [-0.2, -0.15) is 0 Å². The number of rotatable bonds is 6. The number of hydrogen-bond acceptors (Lipinski definition) is 10. The van der Waals surface area contributed by atoms with E-state index in [-0.39, 0.29) is 11.3 Å². The Hall–Kier alpha value is -3.47. The highest BCUT2D eigenvalue weighted by Crippen LogP contribution is 2.31. The maximum Gasteiger partial charge on any atom is 0.336 e. The van der Waals surface area contributed by atoms with Crippen LogP contribution in [0.1, 0.15) is 26.3 Å². The summed E-state index contributed by atoms with van der Waals surface area (Å²) in [5, 5.41) is 0.664. The molecule has 1 fully saturated rings. The highest BCUT2D eigenvalue weighted by Gasteiger charge is 2.52. The Morgan fingerprint density at radius 1 is 1.00 bits per heavy atom. The normalized spacial score (nSPS) is 24.7. The van der Waals surface area contributed by atoms with Crippen LogP contribution in [0, 0.1) is 6.92 Å². The second kappa shape index (κ2) is 9.99. The third kappa shape index (κ3) is 5.86. The zero-order chi connectivity index (χ0) is 24.3. The molecule has 1 aromatic heterocycles. The lowest BCUT2D eigenvalue weighted by atomic mass is 9.99. The number of ether oxygens (including phenoxy) is 5. The van der Waals surface area contributed by atoms with Crippen LogP contribution in [0.4, 0.5) is 4.39 Å². The molecule has 1 aliphatic heterocycles. The van der Waals surface area contributed by atoms with Crippen molar-refractivity contribution in [2.75, 3.05) is 6.61 Å². The lowest BCUT2D eigenvalue weighted by molar-refractivity contribution is -0.275. The van der Waals surface area contributed by atoms with Gasteiger partial charge >= 0.3 is 23.5 Å². The Kier molecular flexibility index (Phi) is 7.32. The monoisotopic (exact) mass is 466 g/mol. The highest BCUT2D eigenvalue weighted by atomic mass is 19.1. The number of benzene rings is 1. The summed E-state index contributed by atoms with van der Waals surface area (Å²) in [6.07, 6.45) is -7.88. The van der Waals surface area contributed by atoms with Crippen molar-refractivity contribution in [1.82, 2.24) is 0 Å². The van der Waals surface area contributed by atoms with Gasteiger partial charge in [-0.05, 0) is 24.6 Å². The Morgan fingerprint density at radius 2 is 1.67 bits per heavy atom. The summed E-state index contributed by atoms with van der Waals surface area (Å²) in [6, 6.07) is 5.95. The Morgan fingerprint density at radius 3 is 2.30 bits per heavy atom. The van der Waals surface area contributed by atoms with Crippen LogP contribution in [0.15, 0.2) is 33.5 Å². The first-order valence-corrected chi connectivity index (χ1v) is 10.0. The van der Waals surface area contributed by atoms with Crippen LogP contribution in [0.3, 0.4) is 0 Å². The SMILES string of the molecule is CC(=O)OC[C@H]1O[C@H](Oc2ccc3c(C)cc(=O)oc3c2)[C@H](OC(C)=O)[C@@H](OC(C)=O)[C@H]1F. The van der Waals surface area contributed by atoms with Crippen molar-refractivity contribution in [3.8, 4) is 5.75 Å². The molecule has 0 amide bonds. The van der Waals surface area contributed by atoms with Crippen molar-refractivity contribution in [3.05, 3.63) is 40.2 Å². The summed E-state index contributed by atoms with van der Waals surface area (Å²) in [7, 11) is 0. The fraction of sp³-hybridized carbons (Fsp3) is 0.455. The van der Waals surface area contributed by atoms with Crippen LogP contribution in [-0.4, -0.2) is 55.3 Å². The molecular formula is C22H23FO10. The van der Waals surface area contributed by atoms with Gasteiger partial charge in [0.05, 0.1) is 0 Å². The van der Waals surface area contributed by atoms with Gasteiger partial charge in [0.1, 0.15) is 24.0 Å². The molecule has 5 atom stereocenters. The van der Waals surface area contributed by atoms with E-state index in [0.29, 0.717) is 10.9 Å². The molecule has 33 heavy (non-hydrogen) atoms. The Balaban J connectivity index is 1.96. The van der Waals surface area contributed by atoms with Crippen LogP contribution >= 0.6 is 0 Å². The van der Waals surface area contributed by atoms with Crippen molar-refractivity contribution in [3.63, 3.8) is 0 Å². The van der Waals surface area contributed by atoms with E-state index in [9.17, 15) is 19.2 Å². The van der Waals surface area contributed by atoms with Gasteiger partial charge in [0.25, 0.3) is 0 Å². The molecule has 1 saturated heterocycles. The Labute approximate surface area is 187 Å². The number of carbonyl (C=O) groups excluding carboxylic acids is 3. The standard InChI is InChI=1S/C22H23FO10/c1-10-7-18(27)32-16-8-14(5-6-15(10)16)31-22-21(30-13(4)26)20(29-12(3)25)19(23)17(33-22)9-28-11(2)24/h5-8,17,19-22H,9H2,1-4H3/t17-,19+,20+,21-,22+/m1/s1. The third-order valence-electron chi connectivity index (χ3n) is 4.80. The van der Waals surface area contributed by atoms with Crippen LogP contribution in [-0.2, 0) is 33.3 Å². The van der Waals surface area contributed by atoms with E-state index in [2.05, 4.69) is 0 Å². The molecule has 1 aromatic carbocycles. The Bertz CT molecular complexity index is 1110. The molecule has 2 heterocycles. The summed E-state index contributed by atoms with van der Waals surface area (Å²) in [4.78, 5) is 46.2. The fourth-order valence-corrected chi connectivity index (χ4v) is 3.45. The third-order valence-corrected chi connectivity index (χ3v) is 4.80. The number of hydrogen-bond donors (Lipinski definition) is 0. The zero-order valence-corrected chi connectivity index (χ0v) is 18.4. The number of carbonyl (C=O) groups is 3. The van der Waals surface area contributed by atoms with Gasteiger partial charge in [-0.15, -0.1) is 0 Å².